The lowest BCUT2D eigenvalue weighted by Gasteiger charge is -2.48. The molecule has 1 atom stereocenters. The average molecular weight is 446 g/mol. The Morgan fingerprint density at radius 2 is 1.90 bits per heavy atom. The third-order valence-electron chi connectivity index (χ3n) is 4.82. The van der Waals surface area contributed by atoms with Gasteiger partial charge in [0.05, 0.1) is 16.9 Å². The van der Waals surface area contributed by atoms with Crippen molar-refractivity contribution >= 4 is 33.2 Å². The highest BCUT2D eigenvalue weighted by Crippen LogP contribution is 2.35. The highest BCUT2D eigenvalue weighted by Gasteiger charge is 2.50. The van der Waals surface area contributed by atoms with Gasteiger partial charge in [-0.25, -0.2) is 13.1 Å². The summed E-state index contributed by atoms with van der Waals surface area (Å²) < 4.78 is 66.1. The minimum atomic E-state index is -4.91. The summed E-state index contributed by atoms with van der Waals surface area (Å²) in [5, 5.41) is 1.80. The van der Waals surface area contributed by atoms with E-state index in [2.05, 4.69) is 0 Å². The molecule has 1 N–H and O–H groups in total. The zero-order valence-corrected chi connectivity index (χ0v) is 16.8. The molecule has 6 nitrogen and oxygen atoms in total. The molecule has 2 aromatic rings. The van der Waals surface area contributed by atoms with Gasteiger partial charge in [0.25, 0.3) is 15.9 Å². The highest BCUT2D eigenvalue weighted by molar-refractivity contribution is 7.90. The number of alkyl halides is 3. The number of thiophene rings is 1. The summed E-state index contributed by atoms with van der Waals surface area (Å²) in [7, 11) is -4.79. The second-order valence-corrected chi connectivity index (χ2v) is 9.44. The van der Waals surface area contributed by atoms with Gasteiger partial charge in [-0.1, -0.05) is 18.2 Å². The molecule has 0 saturated carbocycles. The largest absolute Gasteiger partial charge is 0.417 e. The van der Waals surface area contributed by atoms with Gasteiger partial charge in [-0.2, -0.15) is 13.2 Å². The molecule has 1 aliphatic heterocycles. The third-order valence-corrected chi connectivity index (χ3v) is 7.09. The van der Waals surface area contributed by atoms with Crippen LogP contribution in [-0.2, 0) is 32.2 Å². The van der Waals surface area contributed by atoms with Crippen LogP contribution in [0.3, 0.4) is 0 Å². The Labute approximate surface area is 169 Å². The quantitative estimate of drug-likeness (QED) is 0.766. The SMILES string of the molecule is CC1(C(=O)NS(=O)(=O)c2ccccc2C(F)(F)F)CCN1C(=O)Cc1cccs1. The fourth-order valence-corrected chi connectivity index (χ4v) is 5.08. The van der Waals surface area contributed by atoms with Gasteiger partial charge in [0.15, 0.2) is 0 Å². The summed E-state index contributed by atoms with van der Waals surface area (Å²) in [6, 6.07) is 7.14. The summed E-state index contributed by atoms with van der Waals surface area (Å²) >= 11 is 1.37. The van der Waals surface area contributed by atoms with Crippen LogP contribution in [0.1, 0.15) is 23.8 Å². The van der Waals surface area contributed by atoms with Gasteiger partial charge < -0.3 is 4.90 Å². The molecule has 2 amide bonds. The number of likely N-dealkylation sites (tertiary alicyclic amines) is 1. The van der Waals surface area contributed by atoms with Crippen molar-refractivity contribution in [2.45, 2.75) is 36.4 Å². The summed E-state index contributed by atoms with van der Waals surface area (Å²) in [6.07, 6.45) is -4.65. The smallest absolute Gasteiger partial charge is 0.328 e. The van der Waals surface area contributed by atoms with Crippen LogP contribution in [0.15, 0.2) is 46.7 Å². The van der Waals surface area contributed by atoms with E-state index in [1.165, 1.54) is 23.2 Å². The molecule has 0 radical (unpaired) electrons. The minimum Gasteiger partial charge on any atom is -0.328 e. The Balaban J connectivity index is 1.80. The van der Waals surface area contributed by atoms with Crippen molar-refractivity contribution in [3.63, 3.8) is 0 Å². The van der Waals surface area contributed by atoms with Gasteiger partial charge in [-0.15, -0.1) is 11.3 Å². The zero-order chi connectivity index (χ0) is 21.4. The number of nitrogens with zero attached hydrogens (tertiary/aromatic N) is 1. The lowest BCUT2D eigenvalue weighted by molar-refractivity contribution is -0.156. The standard InChI is InChI=1S/C18H17F3N2O4S2/c1-17(8-9-23(17)15(24)11-12-5-4-10-28-12)16(25)22-29(26,27)14-7-3-2-6-13(14)18(19,20)21/h2-7,10H,8-9,11H2,1H3,(H,22,25). The number of amides is 2. The molecule has 1 saturated heterocycles. The predicted molar refractivity (Wildman–Crippen MR) is 99.5 cm³/mol. The van der Waals surface area contributed by atoms with E-state index in [0.717, 1.165) is 23.1 Å². The van der Waals surface area contributed by atoms with Crippen LogP contribution in [0.25, 0.3) is 0 Å². The highest BCUT2D eigenvalue weighted by atomic mass is 32.2. The molecule has 1 unspecified atom stereocenters. The molecule has 29 heavy (non-hydrogen) atoms. The number of hydrogen-bond acceptors (Lipinski definition) is 5. The first-order valence-electron chi connectivity index (χ1n) is 8.51. The van der Waals surface area contributed by atoms with Crippen LogP contribution in [0.2, 0.25) is 0 Å². The zero-order valence-electron chi connectivity index (χ0n) is 15.2. The third kappa shape index (κ3) is 4.15. The van der Waals surface area contributed by atoms with E-state index < -0.39 is 38.1 Å². The lowest BCUT2D eigenvalue weighted by atomic mass is 9.85. The number of benzene rings is 1. The van der Waals surface area contributed by atoms with Crippen molar-refractivity contribution < 1.29 is 31.2 Å². The Hall–Kier alpha value is -2.40. The van der Waals surface area contributed by atoms with Crippen molar-refractivity contribution in [1.29, 1.82) is 0 Å². The van der Waals surface area contributed by atoms with E-state index in [1.807, 2.05) is 0 Å². The summed E-state index contributed by atoms with van der Waals surface area (Å²) in [5.41, 5.74) is -2.82. The molecule has 0 aliphatic carbocycles. The second-order valence-electron chi connectivity index (χ2n) is 6.75. The van der Waals surface area contributed by atoms with Gasteiger partial charge >= 0.3 is 6.18 Å². The summed E-state index contributed by atoms with van der Waals surface area (Å²) in [5.74, 6) is -1.40. The molecule has 156 valence electrons. The molecule has 1 fully saturated rings. The molecule has 3 rings (SSSR count). The van der Waals surface area contributed by atoms with E-state index in [0.29, 0.717) is 6.07 Å². The van der Waals surface area contributed by atoms with Crippen LogP contribution in [-0.4, -0.2) is 37.2 Å². The maximum absolute atomic E-state index is 13.1. The van der Waals surface area contributed by atoms with Crippen molar-refractivity contribution in [1.82, 2.24) is 9.62 Å². The van der Waals surface area contributed by atoms with Gasteiger partial charge in [0.1, 0.15) is 5.54 Å². The molecular formula is C18H17F3N2O4S2. The van der Waals surface area contributed by atoms with Crippen LogP contribution in [0, 0.1) is 0 Å². The van der Waals surface area contributed by atoms with Crippen molar-refractivity contribution in [3.8, 4) is 0 Å². The van der Waals surface area contributed by atoms with Crippen LogP contribution >= 0.6 is 11.3 Å². The number of carbonyl (C=O) groups excluding carboxylic acids is 2. The fraction of sp³-hybridized carbons (Fsp3) is 0.333. The van der Waals surface area contributed by atoms with E-state index in [9.17, 15) is 31.2 Å². The van der Waals surface area contributed by atoms with E-state index in [-0.39, 0.29) is 25.3 Å². The van der Waals surface area contributed by atoms with Crippen molar-refractivity contribution in [3.05, 3.63) is 52.2 Å². The maximum Gasteiger partial charge on any atom is 0.417 e. The molecule has 1 aromatic carbocycles. The average Bonchev–Trinajstić information content (AvgIpc) is 3.11. The Morgan fingerprint density at radius 3 is 2.45 bits per heavy atom. The van der Waals surface area contributed by atoms with Gasteiger partial charge in [0.2, 0.25) is 5.91 Å². The molecule has 2 heterocycles. The first-order valence-corrected chi connectivity index (χ1v) is 10.9. The van der Waals surface area contributed by atoms with E-state index in [1.54, 1.807) is 22.2 Å². The first kappa shape index (κ1) is 21.3. The second kappa shape index (κ2) is 7.45. The summed E-state index contributed by atoms with van der Waals surface area (Å²) in [4.78, 5) is 26.1. The minimum absolute atomic E-state index is 0.0597. The van der Waals surface area contributed by atoms with Crippen molar-refractivity contribution in [2.24, 2.45) is 0 Å². The van der Waals surface area contributed by atoms with Crippen LogP contribution in [0.4, 0.5) is 13.2 Å². The number of sulfonamides is 1. The Bertz CT molecular complexity index is 1040. The lowest BCUT2D eigenvalue weighted by Crippen LogP contribution is -2.68. The number of halogens is 3. The molecule has 1 aromatic heterocycles. The number of nitrogens with one attached hydrogen (secondary N) is 1. The van der Waals surface area contributed by atoms with Crippen molar-refractivity contribution in [2.75, 3.05) is 6.54 Å². The monoisotopic (exact) mass is 446 g/mol. The Kier molecular flexibility index (Phi) is 5.48. The molecule has 11 heteroatoms. The molecule has 1 aliphatic rings. The number of hydrogen-bond donors (Lipinski definition) is 1. The summed E-state index contributed by atoms with van der Waals surface area (Å²) in [6.45, 7) is 1.65. The van der Waals surface area contributed by atoms with Gasteiger partial charge in [-0.3, -0.25) is 9.59 Å². The van der Waals surface area contributed by atoms with E-state index >= 15 is 0 Å². The fourth-order valence-electron chi connectivity index (χ4n) is 3.07. The normalized spacial score (nSPS) is 19.5. The van der Waals surface area contributed by atoms with Crippen LogP contribution < -0.4 is 4.72 Å². The van der Waals surface area contributed by atoms with Gasteiger partial charge in [0, 0.05) is 11.4 Å². The number of carbonyl (C=O) groups is 2. The van der Waals surface area contributed by atoms with Crippen LogP contribution in [0.5, 0.6) is 0 Å². The van der Waals surface area contributed by atoms with E-state index in [4.69, 9.17) is 0 Å². The maximum atomic E-state index is 13.1. The number of rotatable bonds is 5. The topological polar surface area (TPSA) is 83.6 Å². The predicted octanol–water partition coefficient (Wildman–Crippen LogP) is 2.81. The van der Waals surface area contributed by atoms with Gasteiger partial charge in [-0.05, 0) is 36.9 Å². The first-order chi connectivity index (χ1) is 13.4. The Morgan fingerprint density at radius 1 is 1.21 bits per heavy atom. The molecule has 0 bridgehead atoms. The molecule has 0 spiro atoms. The molecular weight excluding hydrogens is 429 g/mol.